The second-order valence-corrected chi connectivity index (χ2v) is 12.5. The highest BCUT2D eigenvalue weighted by Gasteiger charge is 2.22. The third-order valence-corrected chi connectivity index (χ3v) is 6.69. The molecule has 0 spiro atoms. The number of nitrogens with one attached hydrogen (secondary N) is 1. The molecular formula is C17H30N2Si. The fraction of sp³-hybridized carbons (Fsp3) is 0.647. The molecule has 1 aromatic rings. The summed E-state index contributed by atoms with van der Waals surface area (Å²) in [5, 5.41) is 5.28. The monoisotopic (exact) mass is 290 g/mol. The molecule has 20 heavy (non-hydrogen) atoms. The molecule has 0 saturated carbocycles. The van der Waals surface area contributed by atoms with Gasteiger partial charge in [-0.25, -0.2) is 0 Å². The van der Waals surface area contributed by atoms with Gasteiger partial charge >= 0.3 is 0 Å². The maximum Gasteiger partial charge on any atom is 0.0775 e. The average molecular weight is 291 g/mol. The minimum atomic E-state index is -1.15. The highest BCUT2D eigenvalue weighted by atomic mass is 28.3. The van der Waals surface area contributed by atoms with E-state index in [0.717, 1.165) is 6.54 Å². The van der Waals surface area contributed by atoms with Crippen molar-refractivity contribution in [2.45, 2.75) is 58.0 Å². The second-order valence-electron chi connectivity index (χ2n) is 7.38. The lowest BCUT2D eigenvalue weighted by molar-refractivity contribution is 0.168. The molecule has 1 fully saturated rings. The van der Waals surface area contributed by atoms with Crippen LogP contribution in [-0.4, -0.2) is 38.6 Å². The molecule has 0 radical (unpaired) electrons. The van der Waals surface area contributed by atoms with Crippen LogP contribution in [0.3, 0.4) is 0 Å². The number of nitrogens with zero attached hydrogens (tertiary/aromatic N) is 1. The summed E-state index contributed by atoms with van der Waals surface area (Å²) >= 11 is 0. The molecule has 2 nitrogen and oxygen atoms in total. The molecule has 3 heteroatoms. The molecule has 0 aliphatic carbocycles. The number of piperidine rings is 1. The first kappa shape index (κ1) is 15.7. The van der Waals surface area contributed by atoms with Gasteiger partial charge in [-0.05, 0) is 38.9 Å². The number of benzene rings is 1. The Labute approximate surface area is 125 Å². The van der Waals surface area contributed by atoms with E-state index in [1.165, 1.54) is 24.9 Å². The van der Waals surface area contributed by atoms with Crippen molar-refractivity contribution >= 4 is 13.3 Å². The van der Waals surface area contributed by atoms with E-state index < -0.39 is 8.07 Å². The highest BCUT2D eigenvalue weighted by Crippen LogP contribution is 2.15. The minimum Gasteiger partial charge on any atom is -0.310 e. The molecule has 1 saturated heterocycles. The van der Waals surface area contributed by atoms with Crippen molar-refractivity contribution in [3.63, 3.8) is 0 Å². The van der Waals surface area contributed by atoms with Crippen LogP contribution in [0.25, 0.3) is 0 Å². The van der Waals surface area contributed by atoms with Crippen LogP contribution in [0.5, 0.6) is 0 Å². The zero-order valence-corrected chi connectivity index (χ0v) is 14.7. The molecule has 1 aliphatic heterocycles. The Morgan fingerprint density at radius 1 is 1.20 bits per heavy atom. The van der Waals surface area contributed by atoms with Gasteiger partial charge in [0.15, 0.2) is 0 Å². The van der Waals surface area contributed by atoms with E-state index in [2.05, 4.69) is 68.1 Å². The van der Waals surface area contributed by atoms with Gasteiger partial charge in [-0.15, -0.1) is 0 Å². The van der Waals surface area contributed by atoms with E-state index in [0.29, 0.717) is 12.1 Å². The summed E-state index contributed by atoms with van der Waals surface area (Å²) in [6.07, 6.45) is 2.54. The van der Waals surface area contributed by atoms with E-state index in [9.17, 15) is 0 Å². The molecule has 112 valence electrons. The first-order chi connectivity index (χ1) is 9.36. The molecule has 0 amide bonds. The maximum atomic E-state index is 3.73. The fourth-order valence-electron chi connectivity index (χ4n) is 2.86. The molecule has 2 atom stereocenters. The minimum absolute atomic E-state index is 0.679. The SMILES string of the molecule is CC1CC(NCc2ccc([Si](C)(C)C)cc2)CCN1C. The van der Waals surface area contributed by atoms with Crippen molar-refractivity contribution in [1.29, 1.82) is 0 Å². The van der Waals surface area contributed by atoms with Crippen LogP contribution in [0.2, 0.25) is 19.6 Å². The summed E-state index contributed by atoms with van der Waals surface area (Å²) in [6.45, 7) is 11.8. The predicted octanol–water partition coefficient (Wildman–Crippen LogP) is 2.80. The van der Waals surface area contributed by atoms with Crippen LogP contribution < -0.4 is 10.5 Å². The van der Waals surface area contributed by atoms with E-state index in [1.54, 1.807) is 5.19 Å². The van der Waals surface area contributed by atoms with Crippen LogP contribution >= 0.6 is 0 Å². The van der Waals surface area contributed by atoms with Gasteiger partial charge in [0.1, 0.15) is 0 Å². The van der Waals surface area contributed by atoms with Crippen LogP contribution in [0.1, 0.15) is 25.3 Å². The van der Waals surface area contributed by atoms with Gasteiger partial charge in [-0.3, -0.25) is 0 Å². The first-order valence-corrected chi connectivity index (χ1v) is 11.4. The summed E-state index contributed by atoms with van der Waals surface area (Å²) in [4.78, 5) is 2.46. The molecular weight excluding hydrogens is 260 g/mol. The van der Waals surface area contributed by atoms with E-state index in [4.69, 9.17) is 0 Å². The predicted molar refractivity (Wildman–Crippen MR) is 91.4 cm³/mol. The molecule has 1 heterocycles. The zero-order chi connectivity index (χ0) is 14.8. The summed E-state index contributed by atoms with van der Waals surface area (Å²) in [6, 6.07) is 10.7. The number of likely N-dealkylation sites (tertiary alicyclic amines) is 1. The Bertz CT molecular complexity index is 422. The lowest BCUT2D eigenvalue weighted by atomic mass is 9.99. The average Bonchev–Trinajstić information content (AvgIpc) is 2.40. The highest BCUT2D eigenvalue weighted by molar-refractivity contribution is 6.88. The smallest absolute Gasteiger partial charge is 0.0775 e. The van der Waals surface area contributed by atoms with Gasteiger partial charge in [0, 0.05) is 18.6 Å². The number of rotatable bonds is 4. The zero-order valence-electron chi connectivity index (χ0n) is 13.7. The Hall–Kier alpha value is -0.643. The van der Waals surface area contributed by atoms with E-state index in [1.807, 2.05) is 0 Å². The maximum absolute atomic E-state index is 3.73. The second kappa shape index (κ2) is 6.42. The summed E-state index contributed by atoms with van der Waals surface area (Å²) < 4.78 is 0. The Kier molecular flexibility index (Phi) is 5.05. The number of hydrogen-bond acceptors (Lipinski definition) is 2. The van der Waals surface area contributed by atoms with Crippen LogP contribution in [0.4, 0.5) is 0 Å². The Morgan fingerprint density at radius 2 is 1.85 bits per heavy atom. The standard InChI is InChI=1S/C17H30N2Si/c1-14-12-16(10-11-19(14)2)18-13-15-6-8-17(9-7-15)20(3,4)5/h6-9,14,16,18H,10-13H2,1-5H3. The normalized spacial score (nSPS) is 24.9. The van der Waals surface area contributed by atoms with Crippen molar-refractivity contribution in [3.05, 3.63) is 29.8 Å². The largest absolute Gasteiger partial charge is 0.310 e. The van der Waals surface area contributed by atoms with Crippen molar-refractivity contribution in [3.8, 4) is 0 Å². The van der Waals surface area contributed by atoms with Crippen LogP contribution in [0, 0.1) is 0 Å². The first-order valence-electron chi connectivity index (χ1n) is 7.89. The van der Waals surface area contributed by atoms with Crippen LogP contribution in [-0.2, 0) is 6.54 Å². The third-order valence-electron chi connectivity index (χ3n) is 4.62. The summed E-state index contributed by atoms with van der Waals surface area (Å²) in [5.74, 6) is 0. The molecule has 1 N–H and O–H groups in total. The number of hydrogen-bond donors (Lipinski definition) is 1. The van der Waals surface area contributed by atoms with Crippen molar-refractivity contribution in [2.24, 2.45) is 0 Å². The van der Waals surface area contributed by atoms with Gasteiger partial charge in [-0.1, -0.05) is 49.1 Å². The Balaban J connectivity index is 1.85. The molecule has 1 aliphatic rings. The summed E-state index contributed by atoms with van der Waals surface area (Å²) in [7, 11) is 1.08. The topological polar surface area (TPSA) is 15.3 Å². The Morgan fingerprint density at radius 3 is 2.40 bits per heavy atom. The van der Waals surface area contributed by atoms with Crippen molar-refractivity contribution in [1.82, 2.24) is 10.2 Å². The molecule has 2 unspecified atom stereocenters. The lowest BCUT2D eigenvalue weighted by Gasteiger charge is -2.35. The van der Waals surface area contributed by atoms with Gasteiger partial charge < -0.3 is 10.2 Å². The molecule has 0 bridgehead atoms. The van der Waals surface area contributed by atoms with Gasteiger partial charge in [0.2, 0.25) is 0 Å². The van der Waals surface area contributed by atoms with Crippen molar-refractivity contribution < 1.29 is 0 Å². The van der Waals surface area contributed by atoms with Crippen LogP contribution in [0.15, 0.2) is 24.3 Å². The fourth-order valence-corrected chi connectivity index (χ4v) is 4.03. The summed E-state index contributed by atoms with van der Waals surface area (Å²) in [5.41, 5.74) is 1.42. The van der Waals surface area contributed by atoms with E-state index >= 15 is 0 Å². The van der Waals surface area contributed by atoms with Gasteiger partial charge in [0.05, 0.1) is 8.07 Å². The molecule has 0 aromatic heterocycles. The molecule has 1 aromatic carbocycles. The molecule has 2 rings (SSSR count). The van der Waals surface area contributed by atoms with Gasteiger partial charge in [0.25, 0.3) is 0 Å². The van der Waals surface area contributed by atoms with E-state index in [-0.39, 0.29) is 0 Å². The lowest BCUT2D eigenvalue weighted by Crippen LogP contribution is -2.45. The van der Waals surface area contributed by atoms with Gasteiger partial charge in [-0.2, -0.15) is 0 Å². The third kappa shape index (κ3) is 4.17. The van der Waals surface area contributed by atoms with Crippen molar-refractivity contribution in [2.75, 3.05) is 13.6 Å². The quantitative estimate of drug-likeness (QED) is 0.858.